The van der Waals surface area contributed by atoms with Crippen LogP contribution < -0.4 is 10.1 Å². The lowest BCUT2D eigenvalue weighted by Gasteiger charge is -2.07. The zero-order valence-electron chi connectivity index (χ0n) is 17.0. The Balaban J connectivity index is 1.58. The topological polar surface area (TPSA) is 77.5 Å². The fourth-order valence-electron chi connectivity index (χ4n) is 2.77. The smallest absolute Gasteiger partial charge is 0.337 e. The maximum Gasteiger partial charge on any atom is 0.337 e. The number of unbranched alkanes of at least 4 members (excludes halogenated alkanes) is 2. The number of amides is 1. The van der Waals surface area contributed by atoms with Crippen LogP contribution in [0.2, 0.25) is 0 Å². The van der Waals surface area contributed by atoms with Crippen LogP contribution in [0, 0.1) is 0 Å². The highest BCUT2D eigenvalue weighted by molar-refractivity contribution is 7.14. The Morgan fingerprint density at radius 3 is 2.37 bits per heavy atom. The van der Waals surface area contributed by atoms with E-state index in [1.165, 1.54) is 18.4 Å². The largest absolute Gasteiger partial charge is 0.494 e. The van der Waals surface area contributed by atoms with Crippen LogP contribution in [0.15, 0.2) is 53.9 Å². The second-order valence-electron chi connectivity index (χ2n) is 6.64. The molecule has 1 amide bonds. The number of ether oxygens (including phenoxy) is 2. The van der Waals surface area contributed by atoms with Crippen molar-refractivity contribution in [1.82, 2.24) is 4.98 Å². The number of nitrogens with zero attached hydrogens (tertiary/aromatic N) is 1. The third kappa shape index (κ3) is 5.67. The molecule has 2 aromatic carbocycles. The zero-order chi connectivity index (χ0) is 21.3. The number of thiazole rings is 1. The van der Waals surface area contributed by atoms with Crippen molar-refractivity contribution in [3.05, 3.63) is 65.0 Å². The molecule has 3 aromatic rings. The van der Waals surface area contributed by atoms with Gasteiger partial charge in [-0.1, -0.05) is 31.9 Å². The van der Waals surface area contributed by atoms with Crippen LogP contribution in [0.1, 0.15) is 46.9 Å². The number of carbonyl (C=O) groups is 2. The van der Waals surface area contributed by atoms with E-state index in [4.69, 9.17) is 9.47 Å². The minimum absolute atomic E-state index is 0.227. The molecular weight excluding hydrogens is 400 g/mol. The summed E-state index contributed by atoms with van der Waals surface area (Å²) in [5.74, 6) is 0.147. The number of benzene rings is 2. The van der Waals surface area contributed by atoms with Crippen molar-refractivity contribution in [3.63, 3.8) is 0 Å². The molecule has 0 spiro atoms. The summed E-state index contributed by atoms with van der Waals surface area (Å²) >= 11 is 1.34. The van der Waals surface area contributed by atoms with Gasteiger partial charge in [0.15, 0.2) is 5.13 Å². The van der Waals surface area contributed by atoms with Gasteiger partial charge in [-0.3, -0.25) is 10.1 Å². The number of aromatic nitrogens is 1. The first kappa shape index (κ1) is 21.5. The van der Waals surface area contributed by atoms with E-state index >= 15 is 0 Å². The van der Waals surface area contributed by atoms with Crippen molar-refractivity contribution in [2.75, 3.05) is 19.0 Å². The Bertz CT molecular complexity index is 981. The first-order valence-electron chi connectivity index (χ1n) is 9.79. The third-order valence-electron chi connectivity index (χ3n) is 4.46. The van der Waals surface area contributed by atoms with Gasteiger partial charge < -0.3 is 9.47 Å². The predicted molar refractivity (Wildman–Crippen MR) is 118 cm³/mol. The van der Waals surface area contributed by atoms with Crippen LogP contribution >= 0.6 is 11.3 Å². The normalized spacial score (nSPS) is 10.5. The lowest BCUT2D eigenvalue weighted by atomic mass is 10.1. The average Bonchev–Trinajstić information content (AvgIpc) is 3.25. The van der Waals surface area contributed by atoms with Gasteiger partial charge in [0.05, 0.1) is 25.0 Å². The summed E-state index contributed by atoms with van der Waals surface area (Å²) in [6, 6.07) is 14.1. The maximum absolute atomic E-state index is 12.5. The fourth-order valence-corrected chi connectivity index (χ4v) is 3.49. The number of carbonyl (C=O) groups excluding carboxylic acids is 2. The van der Waals surface area contributed by atoms with Crippen LogP contribution in [-0.4, -0.2) is 30.6 Å². The van der Waals surface area contributed by atoms with E-state index in [1.807, 2.05) is 5.38 Å². The van der Waals surface area contributed by atoms with Gasteiger partial charge in [-0.25, -0.2) is 9.78 Å². The molecule has 0 bridgehead atoms. The van der Waals surface area contributed by atoms with Crippen molar-refractivity contribution in [2.45, 2.75) is 26.2 Å². The molecule has 0 aliphatic carbocycles. The van der Waals surface area contributed by atoms with E-state index in [-0.39, 0.29) is 11.9 Å². The summed E-state index contributed by atoms with van der Waals surface area (Å²) < 4.78 is 10.4. The fraction of sp³-hybridized carbons (Fsp3) is 0.261. The van der Waals surface area contributed by atoms with Gasteiger partial charge in [0.2, 0.25) is 0 Å². The Hall–Kier alpha value is -3.19. The van der Waals surface area contributed by atoms with Gasteiger partial charge in [0.25, 0.3) is 5.91 Å². The molecule has 0 unspecified atom stereocenters. The monoisotopic (exact) mass is 424 g/mol. The molecule has 0 radical (unpaired) electrons. The summed E-state index contributed by atoms with van der Waals surface area (Å²) in [5, 5.41) is 5.18. The minimum atomic E-state index is -0.384. The van der Waals surface area contributed by atoms with Gasteiger partial charge >= 0.3 is 5.97 Å². The average molecular weight is 425 g/mol. The summed E-state index contributed by atoms with van der Waals surface area (Å²) in [4.78, 5) is 28.5. The van der Waals surface area contributed by atoms with Gasteiger partial charge in [-0.2, -0.15) is 0 Å². The molecule has 0 aliphatic rings. The van der Waals surface area contributed by atoms with Crippen LogP contribution in [0.5, 0.6) is 5.75 Å². The highest BCUT2D eigenvalue weighted by Gasteiger charge is 2.11. The number of rotatable bonds is 9. The lowest BCUT2D eigenvalue weighted by Crippen LogP contribution is -2.11. The molecule has 0 aliphatic heterocycles. The predicted octanol–water partition coefficient (Wildman–Crippen LogP) is 5.42. The molecule has 0 fully saturated rings. The molecule has 0 saturated heterocycles. The highest BCUT2D eigenvalue weighted by atomic mass is 32.1. The first-order chi connectivity index (χ1) is 14.6. The molecule has 3 rings (SSSR count). The zero-order valence-corrected chi connectivity index (χ0v) is 17.8. The summed E-state index contributed by atoms with van der Waals surface area (Å²) in [6.45, 7) is 2.83. The van der Waals surface area contributed by atoms with E-state index in [2.05, 4.69) is 17.2 Å². The Morgan fingerprint density at radius 1 is 1.00 bits per heavy atom. The van der Waals surface area contributed by atoms with Gasteiger partial charge in [0.1, 0.15) is 5.75 Å². The lowest BCUT2D eigenvalue weighted by molar-refractivity contribution is 0.0600. The molecule has 156 valence electrons. The minimum Gasteiger partial charge on any atom is -0.494 e. The molecule has 7 heteroatoms. The number of nitrogens with one attached hydrogen (secondary N) is 1. The van der Waals surface area contributed by atoms with Crippen molar-refractivity contribution < 1.29 is 19.1 Å². The number of anilines is 1. The van der Waals surface area contributed by atoms with Crippen LogP contribution in [0.3, 0.4) is 0 Å². The van der Waals surface area contributed by atoms with E-state index in [0.717, 1.165) is 36.3 Å². The highest BCUT2D eigenvalue weighted by Crippen LogP contribution is 2.26. The van der Waals surface area contributed by atoms with Crippen molar-refractivity contribution >= 4 is 28.3 Å². The number of hydrogen-bond acceptors (Lipinski definition) is 6. The van der Waals surface area contributed by atoms with Gasteiger partial charge in [-0.15, -0.1) is 11.3 Å². The second-order valence-corrected chi connectivity index (χ2v) is 7.50. The number of methoxy groups -OCH3 is 1. The Morgan fingerprint density at radius 2 is 1.70 bits per heavy atom. The van der Waals surface area contributed by atoms with Crippen LogP contribution in [-0.2, 0) is 4.74 Å². The summed E-state index contributed by atoms with van der Waals surface area (Å²) in [7, 11) is 1.35. The quantitative estimate of drug-likeness (QED) is 0.367. The van der Waals surface area contributed by atoms with Gasteiger partial charge in [0, 0.05) is 16.5 Å². The van der Waals surface area contributed by atoms with Gasteiger partial charge in [-0.05, 0) is 42.8 Å². The van der Waals surface area contributed by atoms with E-state index < -0.39 is 0 Å². The van der Waals surface area contributed by atoms with E-state index in [0.29, 0.717) is 22.9 Å². The first-order valence-corrected chi connectivity index (χ1v) is 10.7. The Kier molecular flexibility index (Phi) is 7.57. The standard InChI is InChI=1S/C23H24N2O4S/c1-3-4-5-14-29-19-12-10-17(11-13-19)21(26)25-23-24-20(15-30-23)16-6-8-18(9-7-16)22(27)28-2/h6-13,15H,3-5,14H2,1-2H3,(H,24,25,26). The second kappa shape index (κ2) is 10.5. The van der Waals surface area contributed by atoms with Crippen LogP contribution in [0.4, 0.5) is 5.13 Å². The molecule has 0 saturated carbocycles. The molecule has 6 nitrogen and oxygen atoms in total. The van der Waals surface area contributed by atoms with Crippen molar-refractivity contribution in [3.8, 4) is 17.0 Å². The SMILES string of the molecule is CCCCCOc1ccc(C(=O)Nc2nc(-c3ccc(C(=O)OC)cc3)cs2)cc1. The maximum atomic E-state index is 12.5. The summed E-state index contributed by atoms with van der Waals surface area (Å²) in [6.07, 6.45) is 3.32. The molecule has 0 atom stereocenters. The Labute approximate surface area is 179 Å². The number of hydrogen-bond donors (Lipinski definition) is 1. The van der Waals surface area contributed by atoms with Crippen molar-refractivity contribution in [2.24, 2.45) is 0 Å². The molecule has 30 heavy (non-hydrogen) atoms. The van der Waals surface area contributed by atoms with E-state index in [1.54, 1.807) is 48.5 Å². The van der Waals surface area contributed by atoms with E-state index in [9.17, 15) is 9.59 Å². The van der Waals surface area contributed by atoms with Crippen molar-refractivity contribution in [1.29, 1.82) is 0 Å². The molecule has 1 N–H and O–H groups in total. The van der Waals surface area contributed by atoms with Crippen LogP contribution in [0.25, 0.3) is 11.3 Å². The molecular formula is C23H24N2O4S. The number of esters is 1. The molecule has 1 heterocycles. The molecule has 1 aromatic heterocycles. The summed E-state index contributed by atoms with van der Waals surface area (Å²) in [5.41, 5.74) is 2.59. The third-order valence-corrected chi connectivity index (χ3v) is 5.22.